The average molecular weight is 328 g/mol. The summed E-state index contributed by atoms with van der Waals surface area (Å²) >= 11 is 0. The fourth-order valence-electron chi connectivity index (χ4n) is 3.61. The lowest BCUT2D eigenvalue weighted by molar-refractivity contribution is -0.137. The molecule has 1 saturated heterocycles. The van der Waals surface area contributed by atoms with E-state index in [2.05, 4.69) is 53.3 Å². The summed E-state index contributed by atoms with van der Waals surface area (Å²) in [5.41, 5.74) is 3.68. The number of aromatic nitrogens is 3. The SMILES string of the molecule is Cc1ccccc1C1CC(C)N(CCc2cn(CC(=O)O)nn2)C1. The van der Waals surface area contributed by atoms with E-state index in [0.29, 0.717) is 12.0 Å². The Hall–Kier alpha value is -2.21. The second-order valence-corrected chi connectivity index (χ2v) is 6.68. The third kappa shape index (κ3) is 3.82. The summed E-state index contributed by atoms with van der Waals surface area (Å²) in [4.78, 5) is 13.2. The molecule has 1 aliphatic rings. The smallest absolute Gasteiger partial charge is 0.325 e. The summed E-state index contributed by atoms with van der Waals surface area (Å²) in [7, 11) is 0. The summed E-state index contributed by atoms with van der Waals surface area (Å²) in [6.07, 6.45) is 3.70. The summed E-state index contributed by atoms with van der Waals surface area (Å²) < 4.78 is 1.38. The number of nitrogens with zero attached hydrogens (tertiary/aromatic N) is 4. The second-order valence-electron chi connectivity index (χ2n) is 6.68. The molecular weight excluding hydrogens is 304 g/mol. The Morgan fingerprint density at radius 1 is 1.38 bits per heavy atom. The molecule has 0 radical (unpaired) electrons. The van der Waals surface area contributed by atoms with Gasteiger partial charge in [-0.3, -0.25) is 9.69 Å². The number of carboxylic acids is 1. The Kier molecular flexibility index (Phi) is 4.94. The first-order chi connectivity index (χ1) is 11.5. The first kappa shape index (κ1) is 16.6. The van der Waals surface area contributed by atoms with Crippen molar-refractivity contribution in [1.29, 1.82) is 0 Å². The summed E-state index contributed by atoms with van der Waals surface area (Å²) in [6.45, 7) is 6.32. The van der Waals surface area contributed by atoms with Crippen LogP contribution in [0.2, 0.25) is 0 Å². The maximum absolute atomic E-state index is 10.7. The van der Waals surface area contributed by atoms with Crippen molar-refractivity contribution in [3.8, 4) is 0 Å². The van der Waals surface area contributed by atoms with Crippen LogP contribution in [0.4, 0.5) is 0 Å². The number of benzene rings is 1. The van der Waals surface area contributed by atoms with Crippen LogP contribution in [0.25, 0.3) is 0 Å². The highest BCUT2D eigenvalue weighted by Crippen LogP contribution is 2.33. The molecular formula is C18H24N4O2. The van der Waals surface area contributed by atoms with Crippen molar-refractivity contribution in [1.82, 2.24) is 19.9 Å². The van der Waals surface area contributed by atoms with Gasteiger partial charge in [-0.1, -0.05) is 29.5 Å². The second kappa shape index (κ2) is 7.13. The van der Waals surface area contributed by atoms with Crippen LogP contribution in [-0.2, 0) is 17.8 Å². The standard InChI is InChI=1S/C18H24N4O2/c1-13-5-3-4-6-17(13)15-9-14(2)21(10-15)8-7-16-11-22(20-19-16)12-18(23)24/h3-6,11,14-15H,7-10,12H2,1-2H3,(H,23,24). The zero-order chi connectivity index (χ0) is 17.1. The van der Waals surface area contributed by atoms with Crippen molar-refractivity contribution in [3.63, 3.8) is 0 Å². The molecule has 24 heavy (non-hydrogen) atoms. The predicted octanol–water partition coefficient (Wildman–Crippen LogP) is 2.09. The minimum atomic E-state index is -0.902. The van der Waals surface area contributed by atoms with Crippen molar-refractivity contribution >= 4 is 5.97 Å². The van der Waals surface area contributed by atoms with Crippen LogP contribution in [0, 0.1) is 6.92 Å². The molecule has 2 heterocycles. The van der Waals surface area contributed by atoms with Gasteiger partial charge in [0.25, 0.3) is 0 Å². The molecule has 6 heteroatoms. The number of rotatable bonds is 6. The average Bonchev–Trinajstić information content (AvgIpc) is 3.12. The number of hydrogen-bond acceptors (Lipinski definition) is 4. The van der Waals surface area contributed by atoms with Crippen molar-refractivity contribution in [2.75, 3.05) is 13.1 Å². The molecule has 128 valence electrons. The topological polar surface area (TPSA) is 71.2 Å². The van der Waals surface area contributed by atoms with Gasteiger partial charge in [-0.25, -0.2) is 4.68 Å². The fraction of sp³-hybridized carbons (Fsp3) is 0.500. The number of carbonyl (C=O) groups is 1. The Morgan fingerprint density at radius 3 is 2.92 bits per heavy atom. The molecule has 0 bridgehead atoms. The molecule has 0 amide bonds. The van der Waals surface area contributed by atoms with Gasteiger partial charge in [-0.05, 0) is 37.3 Å². The number of hydrogen-bond donors (Lipinski definition) is 1. The Labute approximate surface area is 142 Å². The van der Waals surface area contributed by atoms with Crippen LogP contribution in [0.3, 0.4) is 0 Å². The van der Waals surface area contributed by atoms with E-state index >= 15 is 0 Å². The van der Waals surface area contributed by atoms with Gasteiger partial charge in [0.1, 0.15) is 6.54 Å². The zero-order valence-corrected chi connectivity index (χ0v) is 14.2. The largest absolute Gasteiger partial charge is 0.480 e. The molecule has 1 aromatic carbocycles. The molecule has 6 nitrogen and oxygen atoms in total. The lowest BCUT2D eigenvalue weighted by Gasteiger charge is -2.20. The van der Waals surface area contributed by atoms with E-state index in [4.69, 9.17) is 5.11 Å². The molecule has 0 spiro atoms. The Balaban J connectivity index is 1.57. The van der Waals surface area contributed by atoms with Crippen molar-refractivity contribution in [2.24, 2.45) is 0 Å². The fourth-order valence-corrected chi connectivity index (χ4v) is 3.61. The first-order valence-electron chi connectivity index (χ1n) is 8.43. The number of aliphatic carboxylic acids is 1. The van der Waals surface area contributed by atoms with Gasteiger partial charge in [0.2, 0.25) is 0 Å². The van der Waals surface area contributed by atoms with Crippen molar-refractivity contribution in [2.45, 2.75) is 45.2 Å². The van der Waals surface area contributed by atoms with Crippen molar-refractivity contribution in [3.05, 3.63) is 47.3 Å². The Morgan fingerprint density at radius 2 is 2.17 bits per heavy atom. The molecule has 2 unspecified atom stereocenters. The molecule has 1 N–H and O–H groups in total. The maximum atomic E-state index is 10.7. The highest BCUT2D eigenvalue weighted by molar-refractivity contribution is 5.66. The summed E-state index contributed by atoms with van der Waals surface area (Å²) in [6, 6.07) is 9.19. The van der Waals surface area contributed by atoms with Crippen molar-refractivity contribution < 1.29 is 9.90 Å². The minimum Gasteiger partial charge on any atom is -0.480 e. The molecule has 3 rings (SSSR count). The number of likely N-dealkylation sites (tertiary alicyclic amines) is 1. The molecule has 1 aliphatic heterocycles. The maximum Gasteiger partial charge on any atom is 0.325 e. The van der Waals surface area contributed by atoms with E-state index in [1.807, 2.05) is 0 Å². The lowest BCUT2D eigenvalue weighted by atomic mass is 9.93. The predicted molar refractivity (Wildman–Crippen MR) is 90.9 cm³/mol. The highest BCUT2D eigenvalue weighted by Gasteiger charge is 2.30. The van der Waals surface area contributed by atoms with E-state index < -0.39 is 5.97 Å². The molecule has 1 aromatic heterocycles. The number of aryl methyl sites for hydroxylation is 1. The third-order valence-corrected chi connectivity index (χ3v) is 4.87. The lowest BCUT2D eigenvalue weighted by Crippen LogP contribution is -2.29. The normalized spacial score (nSPS) is 21.2. The molecule has 2 aromatic rings. The van der Waals surface area contributed by atoms with Crippen LogP contribution in [-0.4, -0.2) is 50.1 Å². The van der Waals surface area contributed by atoms with Gasteiger partial charge in [0.15, 0.2) is 0 Å². The van der Waals surface area contributed by atoms with Gasteiger partial charge < -0.3 is 5.11 Å². The van der Waals surface area contributed by atoms with E-state index in [-0.39, 0.29) is 6.54 Å². The van der Waals surface area contributed by atoms with Crippen LogP contribution in [0.1, 0.15) is 36.1 Å². The van der Waals surface area contributed by atoms with E-state index in [1.54, 1.807) is 6.20 Å². The van der Waals surface area contributed by atoms with Gasteiger partial charge in [-0.2, -0.15) is 0 Å². The summed E-state index contributed by atoms with van der Waals surface area (Å²) in [5, 5.41) is 16.7. The molecule has 0 aliphatic carbocycles. The van der Waals surface area contributed by atoms with Gasteiger partial charge >= 0.3 is 5.97 Å². The van der Waals surface area contributed by atoms with Crippen LogP contribution in [0.15, 0.2) is 30.5 Å². The van der Waals surface area contributed by atoms with Gasteiger partial charge in [0.05, 0.1) is 5.69 Å². The first-order valence-corrected chi connectivity index (χ1v) is 8.43. The monoisotopic (exact) mass is 328 g/mol. The third-order valence-electron chi connectivity index (χ3n) is 4.87. The van der Waals surface area contributed by atoms with Gasteiger partial charge in [0, 0.05) is 31.7 Å². The molecule has 0 saturated carbocycles. The number of carboxylic acid groups (broad SMARTS) is 1. The van der Waals surface area contributed by atoms with Crippen LogP contribution in [0.5, 0.6) is 0 Å². The summed E-state index contributed by atoms with van der Waals surface area (Å²) in [5.74, 6) is -0.315. The van der Waals surface area contributed by atoms with E-state index in [0.717, 1.165) is 25.2 Å². The Bertz CT molecular complexity index is 713. The van der Waals surface area contributed by atoms with E-state index in [9.17, 15) is 4.79 Å². The minimum absolute atomic E-state index is 0.136. The zero-order valence-electron chi connectivity index (χ0n) is 14.2. The van der Waals surface area contributed by atoms with E-state index in [1.165, 1.54) is 22.2 Å². The highest BCUT2D eigenvalue weighted by atomic mass is 16.4. The quantitative estimate of drug-likeness (QED) is 0.879. The molecule has 1 fully saturated rings. The van der Waals surface area contributed by atoms with Crippen LogP contribution >= 0.6 is 0 Å². The molecule has 2 atom stereocenters. The van der Waals surface area contributed by atoms with Gasteiger partial charge in [-0.15, -0.1) is 5.10 Å². The van der Waals surface area contributed by atoms with Crippen LogP contribution < -0.4 is 0 Å².